The Morgan fingerprint density at radius 3 is 2.67 bits per heavy atom. The Balaban J connectivity index is 1.69. The van der Waals surface area contributed by atoms with Gasteiger partial charge in [-0.2, -0.15) is 0 Å². The Kier molecular flexibility index (Phi) is 6.30. The number of thioether (sulfide) groups is 1. The molecule has 0 fully saturated rings. The number of aromatic nitrogens is 5. The van der Waals surface area contributed by atoms with Crippen LogP contribution in [0.5, 0.6) is 0 Å². The number of pyridine rings is 2. The van der Waals surface area contributed by atoms with Crippen LogP contribution >= 0.6 is 35.0 Å². The van der Waals surface area contributed by atoms with E-state index in [1.165, 1.54) is 11.8 Å². The standard InChI is InChI=1S/C17H16Cl2N6OS/c1-3-25-16(11-4-6-20-7-5-11)23-24-17(25)27-9-14(26)22-15-13(19)8-12(18)10(2)21-15/h4-8H,3,9H2,1-2H3,(H,21,22,26). The lowest BCUT2D eigenvalue weighted by atomic mass is 10.2. The van der Waals surface area contributed by atoms with Crippen LogP contribution in [0, 0.1) is 6.92 Å². The number of carbonyl (C=O) groups is 1. The van der Waals surface area contributed by atoms with Crippen LogP contribution in [-0.2, 0) is 11.3 Å². The fourth-order valence-corrected chi connectivity index (χ4v) is 3.55. The van der Waals surface area contributed by atoms with Crippen molar-refractivity contribution in [1.82, 2.24) is 24.7 Å². The molecule has 3 aromatic heterocycles. The van der Waals surface area contributed by atoms with E-state index in [0.717, 1.165) is 11.4 Å². The minimum absolute atomic E-state index is 0.147. The van der Waals surface area contributed by atoms with Gasteiger partial charge in [-0.1, -0.05) is 35.0 Å². The third-order valence-corrected chi connectivity index (χ3v) is 5.30. The second-order valence-corrected chi connectivity index (χ2v) is 7.27. The third kappa shape index (κ3) is 4.58. The first kappa shape index (κ1) is 19.6. The van der Waals surface area contributed by atoms with E-state index >= 15 is 0 Å². The van der Waals surface area contributed by atoms with Crippen LogP contribution < -0.4 is 5.32 Å². The fourth-order valence-electron chi connectivity index (χ4n) is 2.34. The summed E-state index contributed by atoms with van der Waals surface area (Å²) in [6.45, 7) is 4.42. The molecule has 0 spiro atoms. The summed E-state index contributed by atoms with van der Waals surface area (Å²) in [6, 6.07) is 5.30. The summed E-state index contributed by atoms with van der Waals surface area (Å²) in [4.78, 5) is 20.5. The van der Waals surface area contributed by atoms with E-state index in [-0.39, 0.29) is 11.7 Å². The van der Waals surface area contributed by atoms with Crippen molar-refractivity contribution in [1.29, 1.82) is 0 Å². The van der Waals surface area contributed by atoms with E-state index in [1.807, 2.05) is 23.6 Å². The molecule has 140 valence electrons. The summed E-state index contributed by atoms with van der Waals surface area (Å²) in [5.74, 6) is 0.931. The number of rotatable bonds is 6. The second kappa shape index (κ2) is 8.69. The average Bonchev–Trinajstić information content (AvgIpc) is 3.08. The quantitative estimate of drug-likeness (QED) is 0.601. The zero-order valence-corrected chi connectivity index (χ0v) is 16.9. The molecule has 0 atom stereocenters. The molecule has 0 aromatic carbocycles. The Morgan fingerprint density at radius 2 is 1.96 bits per heavy atom. The van der Waals surface area contributed by atoms with Gasteiger partial charge in [-0.05, 0) is 32.0 Å². The lowest BCUT2D eigenvalue weighted by Crippen LogP contribution is -2.16. The van der Waals surface area contributed by atoms with E-state index in [4.69, 9.17) is 23.2 Å². The lowest BCUT2D eigenvalue weighted by Gasteiger charge is -2.09. The number of hydrogen-bond donors (Lipinski definition) is 1. The number of aryl methyl sites for hydroxylation is 1. The molecule has 0 unspecified atom stereocenters. The van der Waals surface area contributed by atoms with E-state index in [2.05, 4.69) is 25.5 Å². The topological polar surface area (TPSA) is 85.6 Å². The Morgan fingerprint density at radius 1 is 1.22 bits per heavy atom. The van der Waals surface area contributed by atoms with Crippen LogP contribution in [0.4, 0.5) is 5.82 Å². The van der Waals surface area contributed by atoms with Gasteiger partial charge in [-0.15, -0.1) is 10.2 Å². The highest BCUT2D eigenvalue weighted by Crippen LogP contribution is 2.27. The van der Waals surface area contributed by atoms with Crippen LogP contribution in [0.15, 0.2) is 35.7 Å². The molecular formula is C17H16Cl2N6OS. The largest absolute Gasteiger partial charge is 0.309 e. The van der Waals surface area contributed by atoms with Crippen molar-refractivity contribution in [2.45, 2.75) is 25.5 Å². The molecule has 0 radical (unpaired) electrons. The maximum Gasteiger partial charge on any atom is 0.236 e. The van der Waals surface area contributed by atoms with E-state index in [9.17, 15) is 4.79 Å². The smallest absolute Gasteiger partial charge is 0.236 e. The van der Waals surface area contributed by atoms with Gasteiger partial charge in [0.1, 0.15) is 0 Å². The summed E-state index contributed by atoms with van der Waals surface area (Å²) in [5.41, 5.74) is 1.51. The van der Waals surface area contributed by atoms with Crippen LogP contribution in [0.3, 0.4) is 0 Å². The fraction of sp³-hybridized carbons (Fsp3) is 0.235. The molecule has 1 N–H and O–H groups in total. The first-order valence-electron chi connectivity index (χ1n) is 8.08. The number of amides is 1. The van der Waals surface area contributed by atoms with Crippen molar-refractivity contribution in [3.8, 4) is 11.4 Å². The van der Waals surface area contributed by atoms with Gasteiger partial charge in [0.25, 0.3) is 0 Å². The lowest BCUT2D eigenvalue weighted by molar-refractivity contribution is -0.113. The average molecular weight is 423 g/mol. The van der Waals surface area contributed by atoms with Crippen molar-refractivity contribution in [3.05, 3.63) is 46.3 Å². The number of nitrogens with one attached hydrogen (secondary N) is 1. The third-order valence-electron chi connectivity index (χ3n) is 3.67. The molecule has 3 heterocycles. The number of carbonyl (C=O) groups excluding carboxylic acids is 1. The zero-order valence-electron chi connectivity index (χ0n) is 14.6. The summed E-state index contributed by atoms with van der Waals surface area (Å²) in [7, 11) is 0. The highest BCUT2D eigenvalue weighted by Gasteiger charge is 2.16. The molecule has 3 aromatic rings. The number of nitrogens with zero attached hydrogens (tertiary/aromatic N) is 5. The summed E-state index contributed by atoms with van der Waals surface area (Å²) in [6.07, 6.45) is 3.41. The molecule has 1 amide bonds. The number of hydrogen-bond acceptors (Lipinski definition) is 6. The summed E-state index contributed by atoms with van der Waals surface area (Å²) >= 11 is 13.3. The second-order valence-electron chi connectivity index (χ2n) is 5.51. The zero-order chi connectivity index (χ0) is 19.4. The maximum absolute atomic E-state index is 12.3. The van der Waals surface area contributed by atoms with Gasteiger partial charge in [-0.3, -0.25) is 9.78 Å². The highest BCUT2D eigenvalue weighted by atomic mass is 35.5. The Hall–Kier alpha value is -2.16. The molecule has 0 aliphatic carbocycles. The predicted octanol–water partition coefficient (Wildman–Crippen LogP) is 4.10. The molecule has 0 aliphatic heterocycles. The van der Waals surface area contributed by atoms with Gasteiger partial charge in [0, 0.05) is 24.5 Å². The van der Waals surface area contributed by atoms with Crippen LogP contribution in [-0.4, -0.2) is 36.4 Å². The molecule has 0 saturated heterocycles. The molecule has 10 heteroatoms. The van der Waals surface area contributed by atoms with Gasteiger partial charge < -0.3 is 9.88 Å². The van der Waals surface area contributed by atoms with Crippen molar-refractivity contribution in [2.75, 3.05) is 11.1 Å². The van der Waals surface area contributed by atoms with Crippen molar-refractivity contribution >= 4 is 46.7 Å². The van der Waals surface area contributed by atoms with E-state index in [0.29, 0.717) is 33.3 Å². The molecule has 0 aliphatic rings. The minimum atomic E-state index is -0.243. The van der Waals surface area contributed by atoms with Crippen LogP contribution in [0.2, 0.25) is 10.0 Å². The number of halogens is 2. The predicted molar refractivity (Wildman–Crippen MR) is 107 cm³/mol. The summed E-state index contributed by atoms with van der Waals surface area (Å²) < 4.78 is 1.95. The molecule has 7 nitrogen and oxygen atoms in total. The summed E-state index contributed by atoms with van der Waals surface area (Å²) in [5, 5.41) is 12.5. The SMILES string of the molecule is CCn1c(SCC(=O)Nc2nc(C)c(Cl)cc2Cl)nnc1-c1ccncc1. The van der Waals surface area contributed by atoms with E-state index in [1.54, 1.807) is 25.4 Å². The van der Waals surface area contributed by atoms with Crippen LogP contribution in [0.1, 0.15) is 12.6 Å². The molecule has 0 saturated carbocycles. The van der Waals surface area contributed by atoms with Gasteiger partial charge in [0.2, 0.25) is 5.91 Å². The Labute approximate surface area is 170 Å². The molecule has 0 bridgehead atoms. The van der Waals surface area contributed by atoms with Crippen molar-refractivity contribution in [2.24, 2.45) is 0 Å². The number of anilines is 1. The van der Waals surface area contributed by atoms with Crippen LogP contribution in [0.25, 0.3) is 11.4 Å². The monoisotopic (exact) mass is 422 g/mol. The van der Waals surface area contributed by atoms with Crippen molar-refractivity contribution in [3.63, 3.8) is 0 Å². The molecule has 27 heavy (non-hydrogen) atoms. The van der Waals surface area contributed by atoms with Gasteiger partial charge >= 0.3 is 0 Å². The minimum Gasteiger partial charge on any atom is -0.309 e. The normalized spacial score (nSPS) is 10.8. The first-order chi connectivity index (χ1) is 13.0. The van der Waals surface area contributed by atoms with Crippen molar-refractivity contribution < 1.29 is 4.79 Å². The van der Waals surface area contributed by atoms with Gasteiger partial charge in [0.05, 0.1) is 21.5 Å². The van der Waals surface area contributed by atoms with Gasteiger partial charge in [0.15, 0.2) is 16.8 Å². The maximum atomic E-state index is 12.3. The Bertz CT molecular complexity index is 964. The van der Waals surface area contributed by atoms with E-state index < -0.39 is 0 Å². The highest BCUT2D eigenvalue weighted by molar-refractivity contribution is 7.99. The first-order valence-corrected chi connectivity index (χ1v) is 9.82. The van der Waals surface area contributed by atoms with Gasteiger partial charge in [-0.25, -0.2) is 4.98 Å². The molecular weight excluding hydrogens is 407 g/mol. The molecule has 3 rings (SSSR count).